The lowest BCUT2D eigenvalue weighted by Crippen LogP contribution is -2.29. The van der Waals surface area contributed by atoms with Crippen molar-refractivity contribution >= 4 is 9.84 Å². The molecule has 0 aromatic heterocycles. The van der Waals surface area contributed by atoms with Crippen molar-refractivity contribution in [1.29, 1.82) is 0 Å². The van der Waals surface area contributed by atoms with Crippen LogP contribution in [0.4, 0.5) is 0 Å². The zero-order valence-electron chi connectivity index (χ0n) is 10.1. The number of methoxy groups -OCH3 is 1. The third-order valence-corrected chi connectivity index (χ3v) is 5.03. The van der Waals surface area contributed by atoms with Gasteiger partial charge >= 0.3 is 0 Å². The number of sulfone groups is 1. The van der Waals surface area contributed by atoms with Crippen LogP contribution in [0.3, 0.4) is 0 Å². The van der Waals surface area contributed by atoms with Gasteiger partial charge in [0.25, 0.3) is 0 Å². The summed E-state index contributed by atoms with van der Waals surface area (Å²) in [4.78, 5) is 0. The van der Waals surface area contributed by atoms with Gasteiger partial charge in [0.05, 0.1) is 17.6 Å². The highest BCUT2D eigenvalue weighted by atomic mass is 32.2. The fourth-order valence-corrected chi connectivity index (χ4v) is 2.22. The van der Waals surface area contributed by atoms with E-state index in [1.165, 1.54) is 0 Å². The zero-order valence-corrected chi connectivity index (χ0v) is 11.0. The number of ether oxygens (including phenoxy) is 1. The number of rotatable bonds is 3. The molecule has 0 saturated heterocycles. The second-order valence-electron chi connectivity index (χ2n) is 4.72. The predicted octanol–water partition coefficient (Wildman–Crippen LogP) is 2.41. The molecule has 0 bridgehead atoms. The van der Waals surface area contributed by atoms with Crippen molar-refractivity contribution in [3.05, 3.63) is 29.8 Å². The van der Waals surface area contributed by atoms with Crippen molar-refractivity contribution in [3.63, 3.8) is 0 Å². The summed E-state index contributed by atoms with van der Waals surface area (Å²) in [6.07, 6.45) is 0. The molecule has 0 N–H and O–H groups in total. The summed E-state index contributed by atoms with van der Waals surface area (Å²) in [5.74, 6) is 0.803. The van der Waals surface area contributed by atoms with E-state index in [-0.39, 0.29) is 5.75 Å². The highest BCUT2D eigenvalue weighted by Crippen LogP contribution is 2.21. The maximum Gasteiger partial charge on any atom is 0.159 e. The van der Waals surface area contributed by atoms with E-state index in [1.807, 2.05) is 0 Å². The van der Waals surface area contributed by atoms with E-state index in [2.05, 4.69) is 0 Å². The van der Waals surface area contributed by atoms with Gasteiger partial charge in [-0.3, -0.25) is 0 Å². The van der Waals surface area contributed by atoms with Crippen LogP contribution in [0.15, 0.2) is 24.3 Å². The lowest BCUT2D eigenvalue weighted by atomic mass is 10.2. The van der Waals surface area contributed by atoms with E-state index in [4.69, 9.17) is 4.74 Å². The molecule has 4 heteroatoms. The van der Waals surface area contributed by atoms with Crippen LogP contribution >= 0.6 is 0 Å². The van der Waals surface area contributed by atoms with Gasteiger partial charge in [-0.05, 0) is 38.5 Å². The highest BCUT2D eigenvalue weighted by Gasteiger charge is 2.28. The molecule has 0 fully saturated rings. The van der Waals surface area contributed by atoms with E-state index in [0.29, 0.717) is 0 Å². The van der Waals surface area contributed by atoms with Crippen molar-refractivity contribution in [2.45, 2.75) is 31.3 Å². The molecular formula is C12H18O3S. The largest absolute Gasteiger partial charge is 0.497 e. The van der Waals surface area contributed by atoms with E-state index < -0.39 is 14.6 Å². The summed E-state index contributed by atoms with van der Waals surface area (Å²) in [6, 6.07) is 7.10. The summed E-state index contributed by atoms with van der Waals surface area (Å²) in [5, 5.41) is 0. The van der Waals surface area contributed by atoms with Crippen LogP contribution in [0, 0.1) is 0 Å². The number of hydrogen-bond acceptors (Lipinski definition) is 3. The average molecular weight is 242 g/mol. The molecule has 1 rings (SSSR count). The lowest BCUT2D eigenvalue weighted by molar-refractivity contribution is 0.414. The Morgan fingerprint density at radius 3 is 2.00 bits per heavy atom. The smallest absolute Gasteiger partial charge is 0.159 e. The molecule has 0 unspecified atom stereocenters. The standard InChI is InChI=1S/C12H18O3S/c1-12(2,3)16(13,14)9-10-5-7-11(15-4)8-6-10/h5-8H,9H2,1-4H3. The maximum absolute atomic E-state index is 11.9. The number of benzene rings is 1. The van der Waals surface area contributed by atoms with Crippen LogP contribution in [0.1, 0.15) is 26.3 Å². The van der Waals surface area contributed by atoms with Crippen LogP contribution in [0.5, 0.6) is 5.75 Å². The average Bonchev–Trinajstić information content (AvgIpc) is 2.16. The molecule has 0 aliphatic heterocycles. The zero-order chi connectivity index (χ0) is 12.4. The normalized spacial score (nSPS) is 12.5. The van der Waals surface area contributed by atoms with Gasteiger partial charge < -0.3 is 4.74 Å². The molecule has 3 nitrogen and oxygen atoms in total. The molecule has 0 radical (unpaired) electrons. The summed E-state index contributed by atoms with van der Waals surface area (Å²) in [6.45, 7) is 5.14. The molecule has 1 aromatic rings. The fraction of sp³-hybridized carbons (Fsp3) is 0.500. The van der Waals surface area contributed by atoms with Crippen LogP contribution < -0.4 is 4.74 Å². The lowest BCUT2D eigenvalue weighted by Gasteiger charge is -2.19. The first-order valence-corrected chi connectivity index (χ1v) is 6.77. The molecule has 0 aliphatic carbocycles. The van der Waals surface area contributed by atoms with Crippen LogP contribution in [-0.2, 0) is 15.6 Å². The van der Waals surface area contributed by atoms with Gasteiger partial charge in [-0.25, -0.2) is 8.42 Å². The molecule has 0 aliphatic rings. The van der Waals surface area contributed by atoms with E-state index >= 15 is 0 Å². The van der Waals surface area contributed by atoms with Gasteiger partial charge in [0.1, 0.15) is 5.75 Å². The molecular weight excluding hydrogens is 224 g/mol. The Hall–Kier alpha value is -1.03. The Kier molecular flexibility index (Phi) is 3.63. The second kappa shape index (κ2) is 4.45. The van der Waals surface area contributed by atoms with Gasteiger partial charge in [-0.1, -0.05) is 12.1 Å². The van der Waals surface area contributed by atoms with Crippen LogP contribution in [0.25, 0.3) is 0 Å². The highest BCUT2D eigenvalue weighted by molar-refractivity contribution is 7.91. The van der Waals surface area contributed by atoms with Crippen molar-refractivity contribution < 1.29 is 13.2 Å². The molecule has 0 spiro atoms. The molecule has 0 atom stereocenters. The quantitative estimate of drug-likeness (QED) is 0.817. The minimum Gasteiger partial charge on any atom is -0.497 e. The molecule has 0 amide bonds. The first-order chi connectivity index (χ1) is 7.26. The Labute approximate surface area is 97.4 Å². The minimum absolute atomic E-state index is 0.0699. The van der Waals surface area contributed by atoms with Crippen molar-refractivity contribution in [2.24, 2.45) is 0 Å². The van der Waals surface area contributed by atoms with Gasteiger partial charge in [-0.15, -0.1) is 0 Å². The summed E-state index contributed by atoms with van der Waals surface area (Å²) < 4.78 is 28.2. The Bertz CT molecular complexity index is 438. The monoisotopic (exact) mass is 242 g/mol. The first kappa shape index (κ1) is 13.0. The molecule has 0 heterocycles. The van der Waals surface area contributed by atoms with Crippen molar-refractivity contribution in [3.8, 4) is 5.75 Å². The maximum atomic E-state index is 11.9. The minimum atomic E-state index is -3.11. The third-order valence-electron chi connectivity index (χ3n) is 2.45. The molecule has 16 heavy (non-hydrogen) atoms. The number of hydrogen-bond donors (Lipinski definition) is 0. The Morgan fingerprint density at radius 1 is 1.12 bits per heavy atom. The predicted molar refractivity (Wildman–Crippen MR) is 65.4 cm³/mol. The van der Waals surface area contributed by atoms with E-state index in [0.717, 1.165) is 11.3 Å². The fourth-order valence-electron chi connectivity index (χ4n) is 1.16. The van der Waals surface area contributed by atoms with Crippen LogP contribution in [0.2, 0.25) is 0 Å². The van der Waals surface area contributed by atoms with Crippen molar-refractivity contribution in [2.75, 3.05) is 7.11 Å². The van der Waals surface area contributed by atoms with E-state index in [9.17, 15) is 8.42 Å². The van der Waals surface area contributed by atoms with Gasteiger partial charge in [0.15, 0.2) is 9.84 Å². The van der Waals surface area contributed by atoms with Gasteiger partial charge in [-0.2, -0.15) is 0 Å². The summed E-state index contributed by atoms with van der Waals surface area (Å²) in [7, 11) is -1.53. The van der Waals surface area contributed by atoms with Gasteiger partial charge in [0, 0.05) is 0 Å². The van der Waals surface area contributed by atoms with Crippen LogP contribution in [-0.4, -0.2) is 20.3 Å². The molecule has 1 aromatic carbocycles. The third kappa shape index (κ3) is 2.98. The first-order valence-electron chi connectivity index (χ1n) is 5.11. The summed E-state index contributed by atoms with van der Waals surface area (Å²) >= 11 is 0. The Morgan fingerprint density at radius 2 is 1.62 bits per heavy atom. The van der Waals surface area contributed by atoms with E-state index in [1.54, 1.807) is 52.1 Å². The Balaban J connectivity index is 2.89. The SMILES string of the molecule is COc1ccc(CS(=O)(=O)C(C)(C)C)cc1. The van der Waals surface area contributed by atoms with Gasteiger partial charge in [0.2, 0.25) is 0 Å². The molecule has 0 saturated carbocycles. The summed E-state index contributed by atoms with van der Waals surface area (Å²) in [5.41, 5.74) is 0.788. The topological polar surface area (TPSA) is 43.4 Å². The second-order valence-corrected chi connectivity index (χ2v) is 7.46. The van der Waals surface area contributed by atoms with Crippen molar-refractivity contribution in [1.82, 2.24) is 0 Å². The molecule has 90 valence electrons.